The zero-order valence-electron chi connectivity index (χ0n) is 15.3. The largest absolute Gasteiger partial charge is 0.415 e. The van der Waals surface area contributed by atoms with E-state index in [0.717, 1.165) is 23.3 Å². The van der Waals surface area contributed by atoms with Crippen LogP contribution in [0.4, 0.5) is 17.6 Å². The minimum atomic E-state index is -2.98. The molecule has 0 spiro atoms. The Kier molecular flexibility index (Phi) is 5.27. The summed E-state index contributed by atoms with van der Waals surface area (Å²) in [6.45, 7) is 0.187. The number of nitrogens with two attached hydrogens (primary N) is 1. The number of halogens is 4. The van der Waals surface area contributed by atoms with Crippen molar-refractivity contribution in [3.63, 3.8) is 0 Å². The Morgan fingerprint density at radius 3 is 2.27 bits per heavy atom. The maximum Gasteiger partial charge on any atom is 0.314 e. The molecule has 0 atom stereocenters. The molecule has 0 bridgehead atoms. The van der Waals surface area contributed by atoms with Crippen LogP contribution in [0.2, 0.25) is 0 Å². The molecule has 0 saturated carbocycles. The summed E-state index contributed by atoms with van der Waals surface area (Å²) in [5, 5.41) is 14.4. The van der Waals surface area contributed by atoms with Crippen LogP contribution < -0.4 is 5.73 Å². The summed E-state index contributed by atoms with van der Waals surface area (Å²) in [6.07, 6.45) is -1.43. The molecular formula is C19H14F4N6O. The average molecular weight is 418 g/mol. The number of benzene rings is 2. The van der Waals surface area contributed by atoms with Crippen LogP contribution in [-0.2, 0) is 13.1 Å². The summed E-state index contributed by atoms with van der Waals surface area (Å²) in [5.41, 5.74) is 7.41. The molecule has 2 heterocycles. The predicted octanol–water partition coefficient (Wildman–Crippen LogP) is 3.72. The monoisotopic (exact) mass is 418 g/mol. The number of alkyl halides is 2. The highest BCUT2D eigenvalue weighted by atomic mass is 19.3. The summed E-state index contributed by atoms with van der Waals surface area (Å²) < 4.78 is 60.1. The lowest BCUT2D eigenvalue weighted by Gasteiger charge is -2.06. The molecule has 2 N–H and O–H groups in total. The topological polar surface area (TPSA) is 95.7 Å². The lowest BCUT2D eigenvalue weighted by molar-refractivity contribution is 0.116. The van der Waals surface area contributed by atoms with Crippen LogP contribution in [-0.4, -0.2) is 25.2 Å². The molecule has 0 unspecified atom stereocenters. The van der Waals surface area contributed by atoms with Crippen molar-refractivity contribution < 1.29 is 22.0 Å². The third-order valence-corrected chi connectivity index (χ3v) is 4.36. The van der Waals surface area contributed by atoms with Gasteiger partial charge in [0.05, 0.1) is 12.7 Å². The molecule has 2 aromatic heterocycles. The SMILES string of the molecule is NCc1ccc(-c2cn(Cc3c(F)cc(-c4nnc(C(F)F)o4)cc3F)nn2)cc1. The Morgan fingerprint density at radius 1 is 0.967 bits per heavy atom. The van der Waals surface area contributed by atoms with E-state index in [9.17, 15) is 17.6 Å². The molecule has 4 rings (SSSR count). The minimum absolute atomic E-state index is 0.146. The van der Waals surface area contributed by atoms with Gasteiger partial charge in [-0.25, -0.2) is 13.5 Å². The van der Waals surface area contributed by atoms with E-state index in [1.54, 1.807) is 6.20 Å². The first-order chi connectivity index (χ1) is 14.4. The van der Waals surface area contributed by atoms with E-state index < -0.39 is 29.8 Å². The van der Waals surface area contributed by atoms with Gasteiger partial charge in [-0.15, -0.1) is 15.3 Å². The molecule has 30 heavy (non-hydrogen) atoms. The average Bonchev–Trinajstić information content (AvgIpc) is 3.41. The number of hydrogen-bond donors (Lipinski definition) is 1. The van der Waals surface area contributed by atoms with Crippen LogP contribution >= 0.6 is 0 Å². The van der Waals surface area contributed by atoms with Crippen LogP contribution in [0.5, 0.6) is 0 Å². The standard InChI is InChI=1S/C19H14F4N6O/c20-14-5-12(18-26-27-19(30-18)17(22)23)6-15(21)13(14)8-29-9-16(25-28-29)11-3-1-10(7-24)2-4-11/h1-6,9,17H,7-8,24H2. The first-order valence-corrected chi connectivity index (χ1v) is 8.74. The first-order valence-electron chi connectivity index (χ1n) is 8.74. The molecule has 11 heteroatoms. The highest BCUT2D eigenvalue weighted by molar-refractivity contribution is 5.58. The molecule has 2 aromatic carbocycles. The summed E-state index contributed by atoms with van der Waals surface area (Å²) in [4.78, 5) is 0. The van der Waals surface area contributed by atoms with Crippen molar-refractivity contribution >= 4 is 0 Å². The highest BCUT2D eigenvalue weighted by Gasteiger charge is 2.20. The zero-order valence-corrected chi connectivity index (χ0v) is 15.3. The number of hydrogen-bond acceptors (Lipinski definition) is 6. The van der Waals surface area contributed by atoms with Gasteiger partial charge in [0.25, 0.3) is 5.89 Å². The summed E-state index contributed by atoms with van der Waals surface area (Å²) in [6, 6.07) is 9.22. The summed E-state index contributed by atoms with van der Waals surface area (Å²) >= 11 is 0. The molecular weight excluding hydrogens is 404 g/mol. The second kappa shape index (κ2) is 8.03. The van der Waals surface area contributed by atoms with Crippen molar-refractivity contribution in [2.24, 2.45) is 5.73 Å². The maximum atomic E-state index is 14.5. The third-order valence-electron chi connectivity index (χ3n) is 4.36. The van der Waals surface area contributed by atoms with Gasteiger partial charge in [-0.2, -0.15) is 8.78 Å². The van der Waals surface area contributed by atoms with Crippen LogP contribution in [0.15, 0.2) is 47.0 Å². The smallest absolute Gasteiger partial charge is 0.314 e. The van der Waals surface area contributed by atoms with Gasteiger partial charge < -0.3 is 10.2 Å². The highest BCUT2D eigenvalue weighted by Crippen LogP contribution is 2.27. The molecule has 0 fully saturated rings. The third kappa shape index (κ3) is 3.92. The molecule has 4 aromatic rings. The lowest BCUT2D eigenvalue weighted by atomic mass is 10.1. The van der Waals surface area contributed by atoms with E-state index in [1.807, 2.05) is 24.3 Å². The Morgan fingerprint density at radius 2 is 1.67 bits per heavy atom. The molecule has 0 saturated heterocycles. The quantitative estimate of drug-likeness (QED) is 0.480. The number of rotatable bonds is 6. The van der Waals surface area contributed by atoms with Crippen molar-refractivity contribution in [2.75, 3.05) is 0 Å². The fourth-order valence-corrected chi connectivity index (χ4v) is 2.80. The van der Waals surface area contributed by atoms with Gasteiger partial charge in [-0.05, 0) is 17.7 Å². The second-order valence-electron chi connectivity index (χ2n) is 6.37. The second-order valence-corrected chi connectivity index (χ2v) is 6.37. The minimum Gasteiger partial charge on any atom is -0.415 e. The lowest BCUT2D eigenvalue weighted by Crippen LogP contribution is -2.06. The van der Waals surface area contributed by atoms with E-state index >= 15 is 0 Å². The Bertz CT molecular complexity index is 1150. The Balaban J connectivity index is 1.57. The normalized spacial score (nSPS) is 11.4. The first kappa shape index (κ1) is 19.7. The maximum absolute atomic E-state index is 14.5. The number of nitrogens with zero attached hydrogens (tertiary/aromatic N) is 5. The van der Waals surface area contributed by atoms with Crippen LogP contribution in [0.3, 0.4) is 0 Å². The van der Waals surface area contributed by atoms with Crippen molar-refractivity contribution in [3.05, 3.63) is 71.2 Å². The number of aromatic nitrogens is 5. The van der Waals surface area contributed by atoms with E-state index in [1.165, 1.54) is 4.68 Å². The predicted molar refractivity (Wildman–Crippen MR) is 97.1 cm³/mol. The van der Waals surface area contributed by atoms with Crippen LogP contribution in [0, 0.1) is 11.6 Å². The van der Waals surface area contributed by atoms with E-state index in [2.05, 4.69) is 20.5 Å². The van der Waals surface area contributed by atoms with Gasteiger partial charge in [0, 0.05) is 23.2 Å². The van der Waals surface area contributed by atoms with Crippen LogP contribution in [0.1, 0.15) is 23.4 Å². The molecule has 0 aliphatic carbocycles. The van der Waals surface area contributed by atoms with Gasteiger partial charge in [0.1, 0.15) is 17.3 Å². The van der Waals surface area contributed by atoms with Crippen molar-refractivity contribution in [3.8, 4) is 22.7 Å². The van der Waals surface area contributed by atoms with Crippen molar-refractivity contribution in [1.82, 2.24) is 25.2 Å². The van der Waals surface area contributed by atoms with Crippen molar-refractivity contribution in [1.29, 1.82) is 0 Å². The molecule has 0 radical (unpaired) electrons. The molecule has 154 valence electrons. The van der Waals surface area contributed by atoms with Gasteiger partial charge in [0.2, 0.25) is 5.89 Å². The Labute approximate surface area is 167 Å². The fraction of sp³-hybridized carbons (Fsp3) is 0.158. The van der Waals surface area contributed by atoms with Gasteiger partial charge >= 0.3 is 6.43 Å². The summed E-state index contributed by atoms with van der Waals surface area (Å²) in [7, 11) is 0. The Hall–Kier alpha value is -3.60. The molecule has 0 aliphatic heterocycles. The van der Waals surface area contributed by atoms with E-state index in [4.69, 9.17) is 10.2 Å². The molecule has 0 amide bonds. The molecule has 0 aliphatic rings. The summed E-state index contributed by atoms with van der Waals surface area (Å²) in [5.74, 6) is -3.15. The van der Waals surface area contributed by atoms with Crippen molar-refractivity contribution in [2.45, 2.75) is 19.5 Å². The van der Waals surface area contributed by atoms with Crippen LogP contribution in [0.25, 0.3) is 22.7 Å². The van der Waals surface area contributed by atoms with Gasteiger partial charge in [-0.1, -0.05) is 29.5 Å². The van der Waals surface area contributed by atoms with Gasteiger partial charge in [-0.3, -0.25) is 0 Å². The molecule has 7 nitrogen and oxygen atoms in total. The zero-order chi connectivity index (χ0) is 21.3. The van der Waals surface area contributed by atoms with E-state index in [0.29, 0.717) is 12.2 Å². The van der Waals surface area contributed by atoms with E-state index in [-0.39, 0.29) is 17.7 Å². The van der Waals surface area contributed by atoms with Gasteiger partial charge in [0.15, 0.2) is 0 Å². The fourth-order valence-electron chi connectivity index (χ4n) is 2.80.